The van der Waals surface area contributed by atoms with Crippen LogP contribution in [0, 0.1) is 0 Å². The molecule has 7 heteroatoms. The van der Waals surface area contributed by atoms with Crippen LogP contribution in [-0.2, 0) is 27.2 Å². The molecule has 0 saturated heterocycles. The number of fused-ring (bicyclic) bond motifs is 2. The highest BCUT2D eigenvalue weighted by Gasteiger charge is 2.29. The van der Waals surface area contributed by atoms with Crippen molar-refractivity contribution in [3.05, 3.63) is 70.1 Å². The minimum atomic E-state index is -0.910. The number of nitrogens with zero attached hydrogens (tertiary/aromatic N) is 2. The summed E-state index contributed by atoms with van der Waals surface area (Å²) in [6.45, 7) is 2.14. The van der Waals surface area contributed by atoms with Crippen molar-refractivity contribution in [1.29, 1.82) is 0 Å². The largest absolute Gasteiger partial charge is 0.452 e. The first kappa shape index (κ1) is 17.9. The third-order valence-corrected chi connectivity index (χ3v) is 4.90. The summed E-state index contributed by atoms with van der Waals surface area (Å²) in [4.78, 5) is 38.6. The molecule has 2 aromatic carbocycles. The van der Waals surface area contributed by atoms with E-state index in [0.717, 1.165) is 17.7 Å². The Labute approximate surface area is 160 Å². The number of aromatic amines is 1. The van der Waals surface area contributed by atoms with Gasteiger partial charge >= 0.3 is 5.97 Å². The molecule has 1 aliphatic rings. The first-order valence-electron chi connectivity index (χ1n) is 9.09. The van der Waals surface area contributed by atoms with Gasteiger partial charge in [0.25, 0.3) is 11.5 Å². The van der Waals surface area contributed by atoms with E-state index in [4.69, 9.17) is 4.74 Å². The summed E-state index contributed by atoms with van der Waals surface area (Å²) in [5.74, 6) is -0.824. The van der Waals surface area contributed by atoms with Gasteiger partial charge in [0.1, 0.15) is 0 Å². The molecular formula is C21H19N3O4. The van der Waals surface area contributed by atoms with E-state index in [2.05, 4.69) is 10.2 Å². The SMILES string of the molecule is C[C@@H](OC(=O)Cc1n[nH]c(=O)c2ccccc12)C(=O)N1CCc2ccccc21. The highest BCUT2D eigenvalue weighted by molar-refractivity contribution is 5.99. The number of hydrogen-bond acceptors (Lipinski definition) is 5. The zero-order valence-electron chi connectivity index (χ0n) is 15.3. The van der Waals surface area contributed by atoms with Gasteiger partial charge in [0.05, 0.1) is 17.5 Å². The van der Waals surface area contributed by atoms with Crippen molar-refractivity contribution in [3.63, 3.8) is 0 Å². The van der Waals surface area contributed by atoms with Crippen LogP contribution in [0.15, 0.2) is 53.3 Å². The van der Waals surface area contributed by atoms with E-state index < -0.39 is 12.1 Å². The second kappa shape index (κ2) is 7.26. The van der Waals surface area contributed by atoms with Gasteiger partial charge in [-0.05, 0) is 31.0 Å². The fourth-order valence-corrected chi connectivity index (χ4v) is 3.52. The maximum absolute atomic E-state index is 12.7. The molecule has 0 aliphatic carbocycles. The van der Waals surface area contributed by atoms with Gasteiger partial charge in [-0.2, -0.15) is 5.10 Å². The Hall–Kier alpha value is -3.48. The lowest BCUT2D eigenvalue weighted by Gasteiger charge is -2.21. The van der Waals surface area contributed by atoms with Crippen molar-refractivity contribution >= 4 is 28.3 Å². The Kier molecular flexibility index (Phi) is 4.65. The number of H-pyrrole nitrogens is 1. The summed E-state index contributed by atoms with van der Waals surface area (Å²) in [5.41, 5.74) is 2.07. The van der Waals surface area contributed by atoms with Gasteiger partial charge in [-0.1, -0.05) is 36.4 Å². The third kappa shape index (κ3) is 3.26. The molecule has 142 valence electrons. The maximum atomic E-state index is 12.7. The average Bonchev–Trinajstić information content (AvgIpc) is 3.14. The van der Waals surface area contributed by atoms with Crippen LogP contribution in [0.3, 0.4) is 0 Å². The fourth-order valence-electron chi connectivity index (χ4n) is 3.52. The number of nitrogens with one attached hydrogen (secondary N) is 1. The summed E-state index contributed by atoms with van der Waals surface area (Å²) >= 11 is 0. The van der Waals surface area contributed by atoms with Gasteiger partial charge in [-0.15, -0.1) is 0 Å². The number of rotatable bonds is 4. The number of amides is 1. The van der Waals surface area contributed by atoms with Gasteiger partial charge in [-0.25, -0.2) is 5.10 Å². The lowest BCUT2D eigenvalue weighted by atomic mass is 10.1. The summed E-state index contributed by atoms with van der Waals surface area (Å²) in [6, 6.07) is 14.6. The second-order valence-corrected chi connectivity index (χ2v) is 6.72. The Balaban J connectivity index is 1.47. The Morgan fingerprint density at radius 2 is 1.86 bits per heavy atom. The summed E-state index contributed by atoms with van der Waals surface area (Å²) in [5, 5.41) is 7.41. The average molecular weight is 377 g/mol. The molecule has 0 spiro atoms. The number of benzene rings is 2. The van der Waals surface area contributed by atoms with Crippen LogP contribution in [0.1, 0.15) is 18.2 Å². The standard InChI is InChI=1S/C21H19N3O4/c1-13(21(27)24-11-10-14-6-2-5-9-18(14)24)28-19(25)12-17-15-7-3-4-8-16(15)20(26)23-22-17/h2-9,13H,10-12H2,1H3,(H,23,26)/t13-/m1/s1. The summed E-state index contributed by atoms with van der Waals surface area (Å²) in [7, 11) is 0. The number of para-hydroxylation sites is 1. The zero-order valence-corrected chi connectivity index (χ0v) is 15.3. The van der Waals surface area contributed by atoms with Crippen molar-refractivity contribution in [2.75, 3.05) is 11.4 Å². The van der Waals surface area contributed by atoms with E-state index in [-0.39, 0.29) is 17.9 Å². The molecule has 0 saturated carbocycles. The fraction of sp³-hybridized carbons (Fsp3) is 0.238. The van der Waals surface area contributed by atoms with E-state index in [9.17, 15) is 14.4 Å². The highest BCUT2D eigenvalue weighted by atomic mass is 16.5. The number of anilines is 1. The molecule has 2 heterocycles. The first-order chi connectivity index (χ1) is 13.5. The third-order valence-electron chi connectivity index (χ3n) is 4.90. The van der Waals surface area contributed by atoms with Gasteiger partial charge in [0, 0.05) is 17.6 Å². The number of esters is 1. The van der Waals surface area contributed by atoms with E-state index >= 15 is 0 Å². The molecule has 1 aromatic heterocycles. The van der Waals surface area contributed by atoms with E-state index in [1.807, 2.05) is 24.3 Å². The van der Waals surface area contributed by atoms with E-state index in [1.54, 1.807) is 36.1 Å². The normalized spacial score (nSPS) is 14.0. The number of carbonyl (C=O) groups excluding carboxylic acids is 2. The lowest BCUT2D eigenvalue weighted by molar-refractivity contribution is -0.153. The molecule has 0 fully saturated rings. The quantitative estimate of drug-likeness (QED) is 0.702. The van der Waals surface area contributed by atoms with Crippen molar-refractivity contribution in [3.8, 4) is 0 Å². The first-order valence-corrected chi connectivity index (χ1v) is 9.09. The number of ether oxygens (including phenoxy) is 1. The molecule has 1 atom stereocenters. The smallest absolute Gasteiger partial charge is 0.312 e. The minimum Gasteiger partial charge on any atom is -0.452 e. The molecule has 0 unspecified atom stereocenters. The van der Waals surface area contributed by atoms with E-state index in [1.165, 1.54) is 0 Å². The van der Waals surface area contributed by atoms with Gasteiger partial charge in [0.2, 0.25) is 0 Å². The highest BCUT2D eigenvalue weighted by Crippen LogP contribution is 2.28. The van der Waals surface area contributed by atoms with Crippen LogP contribution in [0.5, 0.6) is 0 Å². The predicted molar refractivity (Wildman–Crippen MR) is 104 cm³/mol. The predicted octanol–water partition coefficient (Wildman–Crippen LogP) is 1.99. The molecule has 3 aromatic rings. The summed E-state index contributed by atoms with van der Waals surface area (Å²) < 4.78 is 5.36. The molecular weight excluding hydrogens is 358 g/mol. The van der Waals surface area contributed by atoms with Crippen LogP contribution in [0.25, 0.3) is 10.8 Å². The van der Waals surface area contributed by atoms with Crippen molar-refractivity contribution in [2.24, 2.45) is 0 Å². The Bertz CT molecular complexity index is 1120. The van der Waals surface area contributed by atoms with Gasteiger partial charge in [0.15, 0.2) is 6.10 Å². The Morgan fingerprint density at radius 3 is 2.68 bits per heavy atom. The molecule has 0 radical (unpaired) electrons. The van der Waals surface area contributed by atoms with Crippen molar-refractivity contribution < 1.29 is 14.3 Å². The summed E-state index contributed by atoms with van der Waals surface area (Å²) in [6.07, 6.45) is -0.255. The lowest BCUT2D eigenvalue weighted by Crippen LogP contribution is -2.39. The van der Waals surface area contributed by atoms with Crippen molar-refractivity contribution in [1.82, 2.24) is 10.2 Å². The van der Waals surface area contributed by atoms with Crippen molar-refractivity contribution in [2.45, 2.75) is 25.9 Å². The van der Waals surface area contributed by atoms with Gasteiger partial charge < -0.3 is 9.64 Å². The topological polar surface area (TPSA) is 92.4 Å². The molecule has 1 N–H and O–H groups in total. The van der Waals surface area contributed by atoms with Crippen LogP contribution in [0.2, 0.25) is 0 Å². The maximum Gasteiger partial charge on any atom is 0.312 e. The minimum absolute atomic E-state index is 0.133. The monoisotopic (exact) mass is 377 g/mol. The number of hydrogen-bond donors (Lipinski definition) is 1. The molecule has 7 nitrogen and oxygen atoms in total. The van der Waals surface area contributed by atoms with E-state index in [0.29, 0.717) is 23.0 Å². The molecule has 1 amide bonds. The molecule has 0 bridgehead atoms. The molecule has 4 rings (SSSR count). The van der Waals surface area contributed by atoms with Crippen LogP contribution in [-0.4, -0.2) is 34.7 Å². The van der Waals surface area contributed by atoms with Crippen LogP contribution >= 0.6 is 0 Å². The number of aromatic nitrogens is 2. The Morgan fingerprint density at radius 1 is 1.14 bits per heavy atom. The molecule has 1 aliphatic heterocycles. The second-order valence-electron chi connectivity index (χ2n) is 6.72. The van der Waals surface area contributed by atoms with Gasteiger partial charge in [-0.3, -0.25) is 14.4 Å². The zero-order chi connectivity index (χ0) is 19.7. The van der Waals surface area contributed by atoms with Crippen LogP contribution in [0.4, 0.5) is 5.69 Å². The van der Waals surface area contributed by atoms with Crippen LogP contribution < -0.4 is 10.5 Å². The molecule has 28 heavy (non-hydrogen) atoms. The number of carbonyl (C=O) groups is 2.